The molecule has 1 aromatic rings. The number of carbonyl (C=O) groups excluding carboxylic acids is 3. The Morgan fingerprint density at radius 1 is 1.00 bits per heavy atom. The van der Waals surface area contributed by atoms with Gasteiger partial charge in [-0.25, -0.2) is 4.79 Å². The number of imide groups is 1. The number of hydrogen-bond acceptors (Lipinski definition) is 5. The number of fused-ring (bicyclic) bond motifs is 1. The molecule has 6 nitrogen and oxygen atoms in total. The van der Waals surface area contributed by atoms with Gasteiger partial charge in [0.2, 0.25) is 0 Å². The molecule has 1 aliphatic rings. The first-order valence-corrected chi connectivity index (χ1v) is 12.0. The van der Waals surface area contributed by atoms with E-state index in [2.05, 4.69) is 33.9 Å². The Kier molecular flexibility index (Phi) is 5.68. The summed E-state index contributed by atoms with van der Waals surface area (Å²) in [6, 6.07) is 6.41. The SMILES string of the molecule is CC(C)(CCO[Si](C)(C)C(C)(C)C)C(=O)ON1C(=O)c2ccccc2C1=O. The smallest absolute Gasteiger partial charge is 0.338 e. The topological polar surface area (TPSA) is 72.9 Å². The largest absolute Gasteiger partial charge is 0.417 e. The van der Waals surface area contributed by atoms with Crippen molar-refractivity contribution in [2.75, 3.05) is 6.61 Å². The molecule has 2 rings (SSSR count). The Morgan fingerprint density at radius 2 is 1.48 bits per heavy atom. The summed E-state index contributed by atoms with van der Waals surface area (Å²) in [4.78, 5) is 42.5. The molecule has 27 heavy (non-hydrogen) atoms. The van der Waals surface area contributed by atoms with Gasteiger partial charge in [0.25, 0.3) is 11.8 Å². The van der Waals surface area contributed by atoms with Crippen molar-refractivity contribution in [2.24, 2.45) is 5.41 Å². The lowest BCUT2D eigenvalue weighted by atomic mass is 9.90. The normalized spacial score (nSPS) is 15.1. The Labute approximate surface area is 161 Å². The summed E-state index contributed by atoms with van der Waals surface area (Å²) in [5.74, 6) is -1.86. The first kappa shape index (κ1) is 21.3. The minimum absolute atomic E-state index is 0.0812. The highest BCUT2D eigenvalue weighted by Crippen LogP contribution is 2.37. The lowest BCUT2D eigenvalue weighted by molar-refractivity contribution is -0.180. The monoisotopic (exact) mass is 391 g/mol. The lowest BCUT2D eigenvalue weighted by Crippen LogP contribution is -2.42. The number of hydrogen-bond donors (Lipinski definition) is 0. The number of nitrogens with zero attached hydrogens (tertiary/aromatic N) is 1. The predicted molar refractivity (Wildman–Crippen MR) is 105 cm³/mol. The second-order valence-electron chi connectivity index (χ2n) is 9.07. The van der Waals surface area contributed by atoms with Gasteiger partial charge in [-0.3, -0.25) is 9.59 Å². The average Bonchev–Trinajstić information content (AvgIpc) is 2.79. The van der Waals surface area contributed by atoms with Crippen molar-refractivity contribution in [2.45, 2.75) is 59.2 Å². The number of amides is 2. The van der Waals surface area contributed by atoms with Crippen LogP contribution in [0.5, 0.6) is 0 Å². The zero-order valence-electron chi connectivity index (χ0n) is 17.2. The maximum Gasteiger partial charge on any atom is 0.338 e. The van der Waals surface area contributed by atoms with Gasteiger partial charge in [-0.1, -0.05) is 38.0 Å². The molecule has 0 atom stereocenters. The van der Waals surface area contributed by atoms with Crippen LogP contribution < -0.4 is 0 Å². The van der Waals surface area contributed by atoms with Gasteiger partial charge in [-0.15, -0.1) is 0 Å². The van der Waals surface area contributed by atoms with E-state index in [-0.39, 0.29) is 16.2 Å². The summed E-state index contributed by atoms with van der Waals surface area (Å²) < 4.78 is 6.13. The molecule has 0 saturated carbocycles. The molecule has 0 bridgehead atoms. The molecule has 0 saturated heterocycles. The Morgan fingerprint density at radius 3 is 1.93 bits per heavy atom. The summed E-state index contributed by atoms with van der Waals surface area (Å²) in [7, 11) is -1.91. The lowest BCUT2D eigenvalue weighted by Gasteiger charge is -2.37. The molecule has 0 aliphatic carbocycles. The van der Waals surface area contributed by atoms with Crippen LogP contribution in [0.15, 0.2) is 24.3 Å². The van der Waals surface area contributed by atoms with E-state index in [0.29, 0.717) is 18.1 Å². The molecular formula is C20H29NO5Si. The zero-order chi connectivity index (χ0) is 20.6. The van der Waals surface area contributed by atoms with E-state index in [9.17, 15) is 14.4 Å². The Bertz CT molecular complexity index is 729. The van der Waals surface area contributed by atoms with Crippen molar-refractivity contribution >= 4 is 26.1 Å². The van der Waals surface area contributed by atoms with Gasteiger partial charge in [-0.05, 0) is 50.5 Å². The predicted octanol–water partition coefficient (Wildman–Crippen LogP) is 4.18. The van der Waals surface area contributed by atoms with E-state index < -0.39 is 31.5 Å². The molecule has 148 valence electrons. The molecule has 2 amide bonds. The minimum Gasteiger partial charge on any atom is -0.417 e. The van der Waals surface area contributed by atoms with Gasteiger partial charge in [0.05, 0.1) is 16.5 Å². The second kappa shape index (κ2) is 7.20. The summed E-state index contributed by atoms with van der Waals surface area (Å²) in [6.07, 6.45) is 0.432. The van der Waals surface area contributed by atoms with Crippen LogP contribution in [0.3, 0.4) is 0 Å². The fourth-order valence-corrected chi connectivity index (χ4v) is 3.38. The van der Waals surface area contributed by atoms with Crippen LogP contribution in [0.4, 0.5) is 0 Å². The van der Waals surface area contributed by atoms with Crippen LogP contribution in [0.1, 0.15) is 61.8 Å². The molecule has 7 heteroatoms. The van der Waals surface area contributed by atoms with Crippen molar-refractivity contribution in [1.29, 1.82) is 0 Å². The van der Waals surface area contributed by atoms with E-state index in [1.54, 1.807) is 38.1 Å². The van der Waals surface area contributed by atoms with Crippen molar-refractivity contribution in [1.82, 2.24) is 5.06 Å². The van der Waals surface area contributed by atoms with Crippen LogP contribution in [0.2, 0.25) is 18.1 Å². The molecule has 0 aromatic heterocycles. The number of hydroxylamine groups is 2. The fourth-order valence-electron chi connectivity index (χ4n) is 2.34. The van der Waals surface area contributed by atoms with E-state index in [1.165, 1.54) is 0 Å². The molecule has 0 unspecified atom stereocenters. The third-order valence-corrected chi connectivity index (χ3v) is 10.0. The van der Waals surface area contributed by atoms with Crippen molar-refractivity contribution in [3.8, 4) is 0 Å². The van der Waals surface area contributed by atoms with E-state index in [1.807, 2.05) is 0 Å². The number of benzene rings is 1. The van der Waals surface area contributed by atoms with Crippen molar-refractivity contribution in [3.63, 3.8) is 0 Å². The molecule has 1 heterocycles. The van der Waals surface area contributed by atoms with Gasteiger partial charge in [0.1, 0.15) is 0 Å². The third-order valence-electron chi connectivity index (χ3n) is 5.48. The Balaban J connectivity index is 1.99. The van der Waals surface area contributed by atoms with Crippen LogP contribution in [0.25, 0.3) is 0 Å². The highest BCUT2D eigenvalue weighted by molar-refractivity contribution is 6.74. The molecule has 0 spiro atoms. The van der Waals surface area contributed by atoms with Crippen LogP contribution in [-0.2, 0) is 14.1 Å². The van der Waals surface area contributed by atoms with E-state index in [0.717, 1.165) is 0 Å². The quantitative estimate of drug-likeness (QED) is 0.537. The molecule has 0 fully saturated rings. The van der Waals surface area contributed by atoms with Gasteiger partial charge in [-0.2, -0.15) is 0 Å². The Hall–Kier alpha value is -1.99. The number of rotatable bonds is 6. The maximum atomic E-state index is 12.6. The molecule has 0 N–H and O–H groups in total. The summed E-state index contributed by atoms with van der Waals surface area (Å²) >= 11 is 0. The molecule has 1 aliphatic heterocycles. The standard InChI is InChI=1S/C20H29NO5Si/c1-19(2,3)27(6,7)25-13-12-20(4,5)18(24)26-21-16(22)14-10-8-9-11-15(14)17(21)23/h8-11H,12-13H2,1-7H3. The minimum atomic E-state index is -1.91. The van der Waals surface area contributed by atoms with Crippen LogP contribution in [-0.4, -0.2) is 37.8 Å². The maximum absolute atomic E-state index is 12.6. The summed E-state index contributed by atoms with van der Waals surface area (Å²) in [6.45, 7) is 14.6. The first-order valence-electron chi connectivity index (χ1n) is 9.12. The van der Waals surface area contributed by atoms with E-state index >= 15 is 0 Å². The molecular weight excluding hydrogens is 362 g/mol. The average molecular weight is 392 g/mol. The van der Waals surface area contributed by atoms with Gasteiger partial charge >= 0.3 is 5.97 Å². The van der Waals surface area contributed by atoms with Crippen molar-refractivity contribution < 1.29 is 23.6 Å². The molecule has 0 radical (unpaired) electrons. The highest BCUT2D eigenvalue weighted by Gasteiger charge is 2.42. The van der Waals surface area contributed by atoms with Crippen molar-refractivity contribution in [3.05, 3.63) is 35.4 Å². The highest BCUT2D eigenvalue weighted by atomic mass is 28.4. The van der Waals surface area contributed by atoms with Gasteiger partial charge in [0.15, 0.2) is 8.32 Å². The first-order chi connectivity index (χ1) is 12.3. The summed E-state index contributed by atoms with van der Waals surface area (Å²) in [5.41, 5.74) is -0.402. The van der Waals surface area contributed by atoms with Gasteiger partial charge < -0.3 is 9.26 Å². The van der Waals surface area contributed by atoms with E-state index in [4.69, 9.17) is 9.26 Å². The molecule has 1 aromatic carbocycles. The fraction of sp³-hybridized carbons (Fsp3) is 0.550. The second-order valence-corrected chi connectivity index (χ2v) is 13.9. The van der Waals surface area contributed by atoms with Crippen LogP contribution >= 0.6 is 0 Å². The summed E-state index contributed by atoms with van der Waals surface area (Å²) in [5, 5.41) is 0.640. The van der Waals surface area contributed by atoms with Gasteiger partial charge in [0, 0.05) is 6.61 Å². The third kappa shape index (κ3) is 4.30. The number of carbonyl (C=O) groups is 3. The zero-order valence-corrected chi connectivity index (χ0v) is 18.2. The van der Waals surface area contributed by atoms with Crippen LogP contribution in [0, 0.1) is 5.41 Å².